The average molecular weight is 601 g/mol. The maximum atomic E-state index is 6.21. The molecule has 0 bridgehead atoms. The Labute approximate surface area is 271 Å². The number of rotatable bonds is 4. The van der Waals surface area contributed by atoms with Crippen molar-refractivity contribution < 1.29 is 4.42 Å². The second-order valence-corrected chi connectivity index (χ2v) is 12.2. The molecule has 0 spiro atoms. The van der Waals surface area contributed by atoms with Crippen LogP contribution in [0.2, 0.25) is 0 Å². The molecule has 0 fully saturated rings. The summed E-state index contributed by atoms with van der Waals surface area (Å²) in [7, 11) is 0. The molecule has 2 aromatic heterocycles. The maximum Gasteiger partial charge on any atom is 0.136 e. The molecule has 2 heterocycles. The Kier molecular flexibility index (Phi) is 5.57. The van der Waals surface area contributed by atoms with E-state index in [1.165, 1.54) is 43.4 Å². The highest BCUT2D eigenvalue weighted by atomic mass is 16.3. The van der Waals surface area contributed by atoms with Crippen molar-refractivity contribution in [2.75, 3.05) is 4.90 Å². The average Bonchev–Trinajstić information content (AvgIpc) is 3.67. The molecule has 0 aliphatic carbocycles. The van der Waals surface area contributed by atoms with E-state index in [-0.39, 0.29) is 0 Å². The zero-order valence-electron chi connectivity index (χ0n) is 25.5. The van der Waals surface area contributed by atoms with Crippen molar-refractivity contribution in [2.45, 2.75) is 0 Å². The molecule has 0 aliphatic rings. The van der Waals surface area contributed by atoms with Gasteiger partial charge in [-0.05, 0) is 94.3 Å². The Morgan fingerprint density at radius 1 is 0.404 bits per heavy atom. The van der Waals surface area contributed by atoms with Crippen molar-refractivity contribution in [2.24, 2.45) is 0 Å². The van der Waals surface area contributed by atoms with Crippen molar-refractivity contribution in [3.8, 4) is 5.69 Å². The van der Waals surface area contributed by atoms with Crippen LogP contribution in [0, 0.1) is 0 Å². The Bertz CT molecular complexity index is 2790. The van der Waals surface area contributed by atoms with Crippen LogP contribution >= 0.6 is 0 Å². The zero-order valence-corrected chi connectivity index (χ0v) is 25.5. The fourth-order valence-corrected chi connectivity index (χ4v) is 7.46. The number of furan rings is 1. The molecule has 0 radical (unpaired) electrons. The number of aromatic nitrogens is 1. The van der Waals surface area contributed by atoms with Crippen LogP contribution in [0.25, 0.3) is 71.0 Å². The fourth-order valence-electron chi connectivity index (χ4n) is 7.46. The topological polar surface area (TPSA) is 21.3 Å². The molecule has 0 atom stereocenters. The second kappa shape index (κ2) is 10.1. The first-order valence-electron chi connectivity index (χ1n) is 16.0. The molecule has 8 aromatic carbocycles. The largest absolute Gasteiger partial charge is 0.456 e. The molecule has 3 heteroatoms. The van der Waals surface area contributed by atoms with E-state index in [1.807, 2.05) is 12.1 Å². The van der Waals surface area contributed by atoms with Crippen LogP contribution in [-0.4, -0.2) is 4.57 Å². The summed E-state index contributed by atoms with van der Waals surface area (Å²) in [6.45, 7) is 0. The molecule has 0 aliphatic heterocycles. The molecule has 0 amide bonds. The van der Waals surface area contributed by atoms with E-state index in [1.54, 1.807) is 0 Å². The number of nitrogens with zero attached hydrogens (tertiary/aromatic N) is 2. The van der Waals surface area contributed by atoms with Crippen LogP contribution in [0.15, 0.2) is 174 Å². The number of benzene rings is 8. The van der Waals surface area contributed by atoms with Gasteiger partial charge >= 0.3 is 0 Å². The number of hydrogen-bond acceptors (Lipinski definition) is 2. The molecule has 0 saturated heterocycles. The third-order valence-electron chi connectivity index (χ3n) is 9.52. The summed E-state index contributed by atoms with van der Waals surface area (Å²) in [6, 6.07) is 60.9. The highest BCUT2D eigenvalue weighted by molar-refractivity contribution is 6.18. The molecule has 0 N–H and O–H groups in total. The molecule has 0 unspecified atom stereocenters. The second-order valence-electron chi connectivity index (χ2n) is 12.2. The van der Waals surface area contributed by atoms with Gasteiger partial charge in [-0.2, -0.15) is 0 Å². The van der Waals surface area contributed by atoms with Gasteiger partial charge in [0.2, 0.25) is 0 Å². The Morgan fingerprint density at radius 3 is 1.96 bits per heavy atom. The van der Waals surface area contributed by atoms with Gasteiger partial charge in [0.05, 0.1) is 16.7 Å². The third-order valence-corrected chi connectivity index (χ3v) is 9.52. The van der Waals surface area contributed by atoms with E-state index in [4.69, 9.17) is 4.42 Å². The first-order valence-corrected chi connectivity index (χ1v) is 16.0. The summed E-state index contributed by atoms with van der Waals surface area (Å²) < 4.78 is 8.59. The number of anilines is 3. The van der Waals surface area contributed by atoms with Crippen LogP contribution in [0.3, 0.4) is 0 Å². The minimum atomic E-state index is 0.922. The van der Waals surface area contributed by atoms with E-state index in [0.29, 0.717) is 0 Å². The lowest BCUT2D eigenvalue weighted by Crippen LogP contribution is -2.10. The molecule has 3 nitrogen and oxygen atoms in total. The van der Waals surface area contributed by atoms with Crippen molar-refractivity contribution in [1.82, 2.24) is 4.57 Å². The highest BCUT2D eigenvalue weighted by Gasteiger charge is 2.21. The van der Waals surface area contributed by atoms with Crippen LogP contribution in [0.1, 0.15) is 0 Å². The van der Waals surface area contributed by atoms with Crippen LogP contribution < -0.4 is 4.90 Å². The van der Waals surface area contributed by atoms with E-state index in [2.05, 4.69) is 167 Å². The number of hydrogen-bond donors (Lipinski definition) is 0. The van der Waals surface area contributed by atoms with Crippen molar-refractivity contribution in [1.29, 1.82) is 0 Å². The quantitative estimate of drug-likeness (QED) is 0.187. The number of para-hydroxylation sites is 4. The molecular weight excluding hydrogens is 572 g/mol. The fraction of sp³-hybridized carbons (Fsp3) is 0. The summed E-state index contributed by atoms with van der Waals surface area (Å²) in [6.07, 6.45) is 0. The van der Waals surface area contributed by atoms with Crippen LogP contribution in [-0.2, 0) is 0 Å². The summed E-state index contributed by atoms with van der Waals surface area (Å²) in [5.74, 6) is 0. The van der Waals surface area contributed by atoms with Gasteiger partial charge in [0.25, 0.3) is 0 Å². The molecule has 220 valence electrons. The van der Waals surface area contributed by atoms with Gasteiger partial charge in [-0.15, -0.1) is 0 Å². The summed E-state index contributed by atoms with van der Waals surface area (Å²) >= 11 is 0. The predicted octanol–water partition coefficient (Wildman–Crippen LogP) is 12.5. The maximum absolute atomic E-state index is 6.21. The van der Waals surface area contributed by atoms with E-state index < -0.39 is 0 Å². The van der Waals surface area contributed by atoms with Crippen molar-refractivity contribution >= 4 is 82.4 Å². The lowest BCUT2D eigenvalue weighted by molar-refractivity contribution is 0.669. The lowest BCUT2D eigenvalue weighted by Gasteiger charge is -2.27. The van der Waals surface area contributed by atoms with Gasteiger partial charge in [0.1, 0.15) is 11.2 Å². The summed E-state index contributed by atoms with van der Waals surface area (Å²) in [5, 5.41) is 9.58. The normalized spacial score (nSPS) is 11.8. The standard InChI is InChI=1S/C44H28N2O/c1-3-12-31(13-4-1)45(40-19-11-20-41-44(40)36-17-7-9-18-39(36)46(41)32-14-5-2-6-15-32)33-24-25-34-29(26-33)22-23-30-27-43-38(28-37(30)34)35-16-8-10-21-42(35)47-43/h1-28H. The molecule has 10 aromatic rings. The van der Waals surface area contributed by atoms with Gasteiger partial charge in [-0.3, -0.25) is 0 Å². The zero-order chi connectivity index (χ0) is 30.9. The van der Waals surface area contributed by atoms with E-state index in [0.717, 1.165) is 44.7 Å². The first kappa shape index (κ1) is 26.0. The first-order chi connectivity index (χ1) is 23.3. The van der Waals surface area contributed by atoms with Crippen molar-refractivity contribution in [3.63, 3.8) is 0 Å². The SMILES string of the molecule is c1ccc(N(c2ccc3c(ccc4cc5oc6ccccc6c5cc43)c2)c2cccc3c2c2ccccc2n3-c2ccccc2)cc1. The molecule has 0 saturated carbocycles. The minimum absolute atomic E-state index is 0.922. The van der Waals surface area contributed by atoms with Crippen LogP contribution in [0.4, 0.5) is 17.1 Å². The Hall–Kier alpha value is -6.32. The lowest BCUT2D eigenvalue weighted by atomic mass is 9.99. The van der Waals surface area contributed by atoms with Gasteiger partial charge in [-0.1, -0.05) is 97.1 Å². The van der Waals surface area contributed by atoms with Crippen molar-refractivity contribution in [3.05, 3.63) is 170 Å². The van der Waals surface area contributed by atoms with Crippen LogP contribution in [0.5, 0.6) is 0 Å². The predicted molar refractivity (Wildman–Crippen MR) is 198 cm³/mol. The highest BCUT2D eigenvalue weighted by Crippen LogP contribution is 2.45. The van der Waals surface area contributed by atoms with Gasteiger partial charge in [0, 0.05) is 38.6 Å². The molecule has 10 rings (SSSR count). The van der Waals surface area contributed by atoms with E-state index in [9.17, 15) is 0 Å². The molecular formula is C44H28N2O. The van der Waals surface area contributed by atoms with Gasteiger partial charge in [0.15, 0.2) is 0 Å². The summed E-state index contributed by atoms with van der Waals surface area (Å²) in [5.41, 5.74) is 8.74. The molecule has 47 heavy (non-hydrogen) atoms. The number of fused-ring (bicyclic) bond motifs is 9. The van der Waals surface area contributed by atoms with Gasteiger partial charge in [-0.25, -0.2) is 0 Å². The smallest absolute Gasteiger partial charge is 0.136 e. The van der Waals surface area contributed by atoms with Gasteiger partial charge < -0.3 is 13.9 Å². The minimum Gasteiger partial charge on any atom is -0.456 e. The third kappa shape index (κ3) is 3.93. The monoisotopic (exact) mass is 600 g/mol. The summed E-state index contributed by atoms with van der Waals surface area (Å²) in [4.78, 5) is 2.40. The van der Waals surface area contributed by atoms with E-state index >= 15 is 0 Å². The Morgan fingerprint density at radius 2 is 1.11 bits per heavy atom. The Balaban J connectivity index is 1.23.